The van der Waals surface area contributed by atoms with Crippen LogP contribution in [0.3, 0.4) is 0 Å². The summed E-state index contributed by atoms with van der Waals surface area (Å²) < 4.78 is 13.7. The summed E-state index contributed by atoms with van der Waals surface area (Å²) in [6, 6.07) is 5.78. The highest BCUT2D eigenvalue weighted by Crippen LogP contribution is 2.27. The van der Waals surface area contributed by atoms with Gasteiger partial charge in [0.15, 0.2) is 0 Å². The van der Waals surface area contributed by atoms with Gasteiger partial charge in [0.05, 0.1) is 36.8 Å². The fourth-order valence-electron chi connectivity index (χ4n) is 1.98. The monoisotopic (exact) mass is 297 g/mol. The lowest BCUT2D eigenvalue weighted by molar-refractivity contribution is 0.405. The number of benzene rings is 1. The van der Waals surface area contributed by atoms with E-state index in [9.17, 15) is 0 Å². The van der Waals surface area contributed by atoms with E-state index in [0.29, 0.717) is 5.02 Å². The first-order valence-electron chi connectivity index (χ1n) is 6.07. The molecule has 0 saturated heterocycles. The average molecular weight is 298 g/mol. The van der Waals surface area contributed by atoms with Gasteiger partial charge in [-0.3, -0.25) is 0 Å². The molecule has 19 heavy (non-hydrogen) atoms. The molecule has 102 valence electrons. The molecule has 2 aromatic rings. The topological polar surface area (TPSA) is 47.0 Å². The third-order valence-electron chi connectivity index (χ3n) is 2.85. The van der Waals surface area contributed by atoms with Crippen LogP contribution < -0.4 is 10.1 Å². The van der Waals surface area contributed by atoms with Crippen LogP contribution in [0.25, 0.3) is 0 Å². The van der Waals surface area contributed by atoms with Crippen LogP contribution >= 0.6 is 23.3 Å². The minimum absolute atomic E-state index is 0.121. The van der Waals surface area contributed by atoms with Crippen LogP contribution in [0.1, 0.15) is 24.2 Å². The van der Waals surface area contributed by atoms with Gasteiger partial charge in [-0.25, -0.2) is 0 Å². The van der Waals surface area contributed by atoms with Gasteiger partial charge in [-0.15, -0.1) is 0 Å². The minimum atomic E-state index is 0.121. The van der Waals surface area contributed by atoms with Crippen LogP contribution in [0.5, 0.6) is 5.75 Å². The zero-order chi connectivity index (χ0) is 13.7. The highest BCUT2D eigenvalue weighted by molar-refractivity contribution is 6.99. The molecular weight excluding hydrogens is 282 g/mol. The van der Waals surface area contributed by atoms with Gasteiger partial charge in [0, 0.05) is 5.02 Å². The second-order valence-corrected chi connectivity index (χ2v) is 5.10. The molecule has 0 bridgehead atoms. The van der Waals surface area contributed by atoms with Gasteiger partial charge < -0.3 is 10.1 Å². The second kappa shape index (κ2) is 6.84. The lowest BCUT2D eigenvalue weighted by Gasteiger charge is -2.17. The van der Waals surface area contributed by atoms with Crippen molar-refractivity contribution in [3.8, 4) is 5.75 Å². The van der Waals surface area contributed by atoms with Crippen molar-refractivity contribution in [3.05, 3.63) is 40.7 Å². The Bertz CT molecular complexity index is 519. The predicted octanol–water partition coefficient (Wildman–Crippen LogP) is 3.09. The van der Waals surface area contributed by atoms with Gasteiger partial charge in [-0.2, -0.15) is 8.75 Å². The van der Waals surface area contributed by atoms with Crippen molar-refractivity contribution >= 4 is 23.3 Å². The molecule has 2 rings (SSSR count). The summed E-state index contributed by atoms with van der Waals surface area (Å²) >= 11 is 7.28. The van der Waals surface area contributed by atoms with Crippen LogP contribution in [0, 0.1) is 0 Å². The summed E-state index contributed by atoms with van der Waals surface area (Å²) in [4.78, 5) is 0. The number of nitrogens with one attached hydrogen (secondary N) is 1. The Morgan fingerprint density at radius 1 is 1.47 bits per heavy atom. The van der Waals surface area contributed by atoms with Crippen LogP contribution in [0.4, 0.5) is 0 Å². The number of hydrogen-bond acceptors (Lipinski definition) is 5. The number of ether oxygens (including phenoxy) is 1. The number of methoxy groups -OCH3 is 1. The predicted molar refractivity (Wildman–Crippen MR) is 78.0 cm³/mol. The molecule has 0 fully saturated rings. The zero-order valence-corrected chi connectivity index (χ0v) is 12.5. The van der Waals surface area contributed by atoms with E-state index in [1.165, 1.54) is 11.7 Å². The number of hydrogen-bond donors (Lipinski definition) is 1. The Morgan fingerprint density at radius 3 is 2.95 bits per heavy atom. The number of nitrogens with zero attached hydrogens (tertiary/aromatic N) is 2. The van der Waals surface area contributed by atoms with Crippen molar-refractivity contribution in [2.75, 3.05) is 13.7 Å². The first kappa shape index (κ1) is 14.2. The molecule has 0 radical (unpaired) electrons. The maximum Gasteiger partial charge on any atom is 0.122 e. The average Bonchev–Trinajstić information content (AvgIpc) is 2.92. The van der Waals surface area contributed by atoms with Crippen LogP contribution in [-0.2, 0) is 6.42 Å². The lowest BCUT2D eigenvalue weighted by Crippen LogP contribution is -2.23. The zero-order valence-electron chi connectivity index (χ0n) is 10.9. The fraction of sp³-hybridized carbons (Fsp3) is 0.385. The van der Waals surface area contributed by atoms with E-state index in [4.69, 9.17) is 16.3 Å². The van der Waals surface area contributed by atoms with E-state index < -0.39 is 0 Å². The molecule has 6 heteroatoms. The summed E-state index contributed by atoms with van der Waals surface area (Å²) in [6.07, 6.45) is 2.57. The maximum absolute atomic E-state index is 6.06. The molecule has 1 unspecified atom stereocenters. The molecule has 0 aliphatic rings. The summed E-state index contributed by atoms with van der Waals surface area (Å²) in [5, 5.41) is 4.12. The van der Waals surface area contributed by atoms with Crippen molar-refractivity contribution < 1.29 is 4.74 Å². The van der Waals surface area contributed by atoms with Crippen molar-refractivity contribution in [2.24, 2.45) is 0 Å². The standard InChI is InChI=1S/C13H16ClN3OS/c1-3-15-11(12-8-16-19-17-12)7-9-6-10(14)4-5-13(9)18-2/h4-6,8,11,15H,3,7H2,1-2H3. The van der Waals surface area contributed by atoms with E-state index >= 15 is 0 Å². The van der Waals surface area contributed by atoms with Gasteiger partial charge in [0.25, 0.3) is 0 Å². The van der Waals surface area contributed by atoms with Gasteiger partial charge in [-0.05, 0) is 36.7 Å². The largest absolute Gasteiger partial charge is 0.496 e. The molecule has 4 nitrogen and oxygen atoms in total. The van der Waals surface area contributed by atoms with E-state index in [1.54, 1.807) is 13.3 Å². The quantitative estimate of drug-likeness (QED) is 0.890. The molecule has 0 aliphatic heterocycles. The van der Waals surface area contributed by atoms with Crippen LogP contribution in [-0.4, -0.2) is 22.4 Å². The van der Waals surface area contributed by atoms with Crippen molar-refractivity contribution in [3.63, 3.8) is 0 Å². The highest BCUT2D eigenvalue weighted by atomic mass is 35.5. The minimum Gasteiger partial charge on any atom is -0.496 e. The van der Waals surface area contributed by atoms with E-state index in [1.807, 2.05) is 18.2 Å². The Kier molecular flexibility index (Phi) is 5.13. The lowest BCUT2D eigenvalue weighted by atomic mass is 10.0. The van der Waals surface area contributed by atoms with Crippen molar-refractivity contribution in [1.29, 1.82) is 0 Å². The van der Waals surface area contributed by atoms with Gasteiger partial charge >= 0.3 is 0 Å². The maximum atomic E-state index is 6.06. The Labute approximate surface area is 122 Å². The summed E-state index contributed by atoms with van der Waals surface area (Å²) in [7, 11) is 1.67. The van der Waals surface area contributed by atoms with Gasteiger partial charge in [-0.1, -0.05) is 18.5 Å². The van der Waals surface area contributed by atoms with E-state index in [2.05, 4.69) is 21.0 Å². The normalized spacial score (nSPS) is 12.4. The van der Waals surface area contributed by atoms with Gasteiger partial charge in [0.2, 0.25) is 0 Å². The molecule has 1 N–H and O–H groups in total. The highest BCUT2D eigenvalue weighted by Gasteiger charge is 2.16. The molecule has 1 heterocycles. The molecule has 1 atom stereocenters. The second-order valence-electron chi connectivity index (χ2n) is 4.10. The number of halogens is 1. The third kappa shape index (κ3) is 3.65. The first-order chi connectivity index (χ1) is 9.24. The molecule has 0 amide bonds. The fourth-order valence-corrected chi connectivity index (χ4v) is 2.65. The molecular formula is C13H16ClN3OS. The summed E-state index contributed by atoms with van der Waals surface area (Å²) in [6.45, 7) is 2.94. The smallest absolute Gasteiger partial charge is 0.122 e. The third-order valence-corrected chi connectivity index (χ3v) is 3.58. The molecule has 0 saturated carbocycles. The SMILES string of the molecule is CCNC(Cc1cc(Cl)ccc1OC)c1cnsn1. The van der Waals surface area contributed by atoms with Gasteiger partial charge in [0.1, 0.15) is 5.75 Å². The number of likely N-dealkylation sites (N-methyl/N-ethyl adjacent to an activating group) is 1. The Hall–Kier alpha value is -1.17. The van der Waals surface area contributed by atoms with Crippen molar-refractivity contribution in [2.45, 2.75) is 19.4 Å². The number of rotatable bonds is 6. The first-order valence-corrected chi connectivity index (χ1v) is 7.18. The molecule has 0 spiro atoms. The Morgan fingerprint density at radius 2 is 2.32 bits per heavy atom. The molecule has 0 aliphatic carbocycles. The van der Waals surface area contributed by atoms with Crippen LogP contribution in [0.2, 0.25) is 5.02 Å². The van der Waals surface area contributed by atoms with Crippen molar-refractivity contribution in [1.82, 2.24) is 14.1 Å². The van der Waals surface area contributed by atoms with E-state index in [0.717, 1.165) is 30.0 Å². The molecule has 1 aromatic carbocycles. The summed E-state index contributed by atoms with van der Waals surface area (Å²) in [5.74, 6) is 0.843. The molecule has 1 aromatic heterocycles. The van der Waals surface area contributed by atoms with E-state index in [-0.39, 0.29) is 6.04 Å². The number of aromatic nitrogens is 2. The van der Waals surface area contributed by atoms with Crippen LogP contribution in [0.15, 0.2) is 24.4 Å². The Balaban J connectivity index is 2.24. The summed E-state index contributed by atoms with van der Waals surface area (Å²) in [5.41, 5.74) is 2.02.